The van der Waals surface area contributed by atoms with Crippen molar-refractivity contribution in [3.63, 3.8) is 0 Å². The monoisotopic (exact) mass is 372 g/mol. The first-order valence-electron chi connectivity index (χ1n) is 11.5. The fourth-order valence-corrected chi connectivity index (χ4v) is 3.41. The zero-order chi connectivity index (χ0) is 19.3. The van der Waals surface area contributed by atoms with Crippen molar-refractivity contribution in [1.29, 1.82) is 0 Å². The molecule has 0 fully saturated rings. The predicted octanol–water partition coefficient (Wildman–Crippen LogP) is 6.52. The second-order valence-corrected chi connectivity index (χ2v) is 8.04. The predicted molar refractivity (Wildman–Crippen MR) is 113 cm³/mol. The van der Waals surface area contributed by atoms with E-state index in [4.69, 9.17) is 14.6 Å². The van der Waals surface area contributed by atoms with Crippen molar-refractivity contribution >= 4 is 0 Å². The molecule has 0 aromatic rings. The first-order valence-corrected chi connectivity index (χ1v) is 11.5. The molecule has 2 unspecified atom stereocenters. The van der Waals surface area contributed by atoms with Crippen molar-refractivity contribution in [1.82, 2.24) is 0 Å². The SMILES string of the molecule is CCCCCCCCCCCC(C)CCCCCCOCC(CO)OC. The van der Waals surface area contributed by atoms with Gasteiger partial charge in [-0.1, -0.05) is 104 Å². The standard InChI is InChI=1S/C23H48O3/c1-4-5-6-7-8-9-10-11-14-17-22(2)18-15-12-13-16-19-26-21-23(20-24)25-3/h22-24H,4-21H2,1-3H3. The molecule has 3 heteroatoms. The van der Waals surface area contributed by atoms with Crippen LogP contribution < -0.4 is 0 Å². The van der Waals surface area contributed by atoms with Gasteiger partial charge in [0.2, 0.25) is 0 Å². The van der Waals surface area contributed by atoms with Gasteiger partial charge in [-0.15, -0.1) is 0 Å². The second kappa shape index (κ2) is 21.2. The Morgan fingerprint density at radius 2 is 1.23 bits per heavy atom. The summed E-state index contributed by atoms with van der Waals surface area (Å²) in [4.78, 5) is 0. The molecule has 0 aromatic heterocycles. The smallest absolute Gasteiger partial charge is 0.103 e. The minimum atomic E-state index is -0.170. The first kappa shape index (κ1) is 25.9. The quantitative estimate of drug-likeness (QED) is 0.233. The van der Waals surface area contributed by atoms with E-state index < -0.39 is 0 Å². The Balaban J connectivity index is 3.21. The van der Waals surface area contributed by atoms with Crippen LogP contribution in [0.1, 0.15) is 110 Å². The molecule has 0 aromatic carbocycles. The summed E-state index contributed by atoms with van der Waals surface area (Å²) in [6.45, 7) is 6.03. The van der Waals surface area contributed by atoms with Crippen molar-refractivity contribution in [2.75, 3.05) is 26.9 Å². The maximum Gasteiger partial charge on any atom is 0.103 e. The number of unbranched alkanes of at least 4 members (excludes halogenated alkanes) is 11. The highest BCUT2D eigenvalue weighted by Crippen LogP contribution is 2.18. The molecule has 0 spiro atoms. The third-order valence-electron chi connectivity index (χ3n) is 5.38. The molecule has 0 saturated heterocycles. The summed E-state index contributed by atoms with van der Waals surface area (Å²) in [5.74, 6) is 0.891. The van der Waals surface area contributed by atoms with Gasteiger partial charge in [-0.3, -0.25) is 0 Å². The highest BCUT2D eigenvalue weighted by molar-refractivity contribution is 4.56. The number of hydrogen-bond donors (Lipinski definition) is 1. The van der Waals surface area contributed by atoms with Crippen molar-refractivity contribution in [2.45, 2.75) is 116 Å². The van der Waals surface area contributed by atoms with Crippen LogP contribution in [0.5, 0.6) is 0 Å². The Bertz CT molecular complexity index is 254. The summed E-state index contributed by atoms with van der Waals surface area (Å²) >= 11 is 0. The van der Waals surface area contributed by atoms with E-state index in [9.17, 15) is 0 Å². The topological polar surface area (TPSA) is 38.7 Å². The molecule has 0 aliphatic heterocycles. The average Bonchev–Trinajstić information content (AvgIpc) is 2.65. The molecule has 158 valence electrons. The summed E-state index contributed by atoms with van der Waals surface area (Å²) in [7, 11) is 1.61. The van der Waals surface area contributed by atoms with Crippen LogP contribution in [-0.4, -0.2) is 38.1 Å². The van der Waals surface area contributed by atoms with E-state index in [-0.39, 0.29) is 12.7 Å². The van der Waals surface area contributed by atoms with Gasteiger partial charge in [-0.05, 0) is 12.3 Å². The zero-order valence-corrected chi connectivity index (χ0v) is 18.1. The van der Waals surface area contributed by atoms with E-state index in [0.717, 1.165) is 18.9 Å². The summed E-state index contributed by atoms with van der Waals surface area (Å²) in [6.07, 6.45) is 20.5. The zero-order valence-electron chi connectivity index (χ0n) is 18.1. The van der Waals surface area contributed by atoms with Crippen LogP contribution >= 0.6 is 0 Å². The molecule has 0 radical (unpaired) electrons. The van der Waals surface area contributed by atoms with Crippen LogP contribution in [0.2, 0.25) is 0 Å². The van der Waals surface area contributed by atoms with E-state index in [0.29, 0.717) is 6.61 Å². The lowest BCUT2D eigenvalue weighted by Gasteiger charge is -2.13. The molecular formula is C23H48O3. The van der Waals surface area contributed by atoms with Gasteiger partial charge in [0.15, 0.2) is 0 Å². The van der Waals surface area contributed by atoms with E-state index in [2.05, 4.69) is 13.8 Å². The fraction of sp³-hybridized carbons (Fsp3) is 1.00. The third-order valence-corrected chi connectivity index (χ3v) is 5.38. The summed E-state index contributed by atoms with van der Waals surface area (Å²) < 4.78 is 10.6. The molecule has 0 bridgehead atoms. The highest BCUT2D eigenvalue weighted by atomic mass is 16.5. The van der Waals surface area contributed by atoms with Gasteiger partial charge in [-0.2, -0.15) is 0 Å². The Hall–Kier alpha value is -0.120. The largest absolute Gasteiger partial charge is 0.394 e. The van der Waals surface area contributed by atoms with Crippen molar-refractivity contribution in [3.8, 4) is 0 Å². The van der Waals surface area contributed by atoms with Gasteiger partial charge in [0.25, 0.3) is 0 Å². The molecule has 0 saturated carbocycles. The summed E-state index contributed by atoms with van der Waals surface area (Å²) in [6, 6.07) is 0. The number of aliphatic hydroxyl groups is 1. The number of rotatable bonds is 21. The summed E-state index contributed by atoms with van der Waals surface area (Å²) in [5, 5.41) is 8.99. The Morgan fingerprint density at radius 3 is 1.73 bits per heavy atom. The average molecular weight is 373 g/mol. The Kier molecular flexibility index (Phi) is 21.1. The van der Waals surface area contributed by atoms with Crippen LogP contribution in [0.4, 0.5) is 0 Å². The molecule has 0 aliphatic rings. The minimum Gasteiger partial charge on any atom is -0.394 e. The van der Waals surface area contributed by atoms with Crippen LogP contribution in [0.15, 0.2) is 0 Å². The second-order valence-electron chi connectivity index (χ2n) is 8.04. The molecule has 0 amide bonds. The van der Waals surface area contributed by atoms with E-state index in [1.165, 1.54) is 89.9 Å². The van der Waals surface area contributed by atoms with Crippen molar-refractivity contribution < 1.29 is 14.6 Å². The molecule has 26 heavy (non-hydrogen) atoms. The van der Waals surface area contributed by atoms with Gasteiger partial charge in [0, 0.05) is 13.7 Å². The van der Waals surface area contributed by atoms with Crippen molar-refractivity contribution in [2.24, 2.45) is 5.92 Å². The van der Waals surface area contributed by atoms with Gasteiger partial charge < -0.3 is 14.6 Å². The van der Waals surface area contributed by atoms with Crippen molar-refractivity contribution in [3.05, 3.63) is 0 Å². The lowest BCUT2D eigenvalue weighted by Crippen LogP contribution is -2.22. The molecule has 0 aliphatic carbocycles. The maximum absolute atomic E-state index is 8.99. The molecule has 1 N–H and O–H groups in total. The number of methoxy groups -OCH3 is 1. The summed E-state index contributed by atoms with van der Waals surface area (Å²) in [5.41, 5.74) is 0. The van der Waals surface area contributed by atoms with E-state index >= 15 is 0 Å². The molecule has 0 rings (SSSR count). The van der Waals surface area contributed by atoms with E-state index in [1.54, 1.807) is 7.11 Å². The number of ether oxygens (including phenoxy) is 2. The first-order chi connectivity index (χ1) is 12.7. The van der Waals surface area contributed by atoms with Gasteiger partial charge in [-0.25, -0.2) is 0 Å². The third kappa shape index (κ3) is 18.7. The Labute approximate surface area is 164 Å². The van der Waals surface area contributed by atoms with Gasteiger partial charge in [0.1, 0.15) is 6.10 Å². The van der Waals surface area contributed by atoms with E-state index in [1.807, 2.05) is 0 Å². The van der Waals surface area contributed by atoms with Crippen LogP contribution in [0, 0.1) is 5.92 Å². The highest BCUT2D eigenvalue weighted by Gasteiger charge is 2.05. The lowest BCUT2D eigenvalue weighted by molar-refractivity contribution is -0.0205. The van der Waals surface area contributed by atoms with Crippen LogP contribution in [0.25, 0.3) is 0 Å². The Morgan fingerprint density at radius 1 is 0.731 bits per heavy atom. The van der Waals surface area contributed by atoms with Gasteiger partial charge in [0.05, 0.1) is 13.2 Å². The molecule has 3 nitrogen and oxygen atoms in total. The van der Waals surface area contributed by atoms with Gasteiger partial charge >= 0.3 is 0 Å². The lowest BCUT2D eigenvalue weighted by atomic mass is 9.96. The molecule has 2 atom stereocenters. The fourth-order valence-electron chi connectivity index (χ4n) is 3.41. The minimum absolute atomic E-state index is 0.0351. The van der Waals surface area contributed by atoms with Crippen LogP contribution in [-0.2, 0) is 9.47 Å². The molecular weight excluding hydrogens is 324 g/mol. The normalized spacial score (nSPS) is 13.8. The molecule has 0 heterocycles. The number of hydrogen-bond acceptors (Lipinski definition) is 3. The van der Waals surface area contributed by atoms with Crippen LogP contribution in [0.3, 0.4) is 0 Å². The maximum atomic E-state index is 8.99. The number of aliphatic hydroxyl groups excluding tert-OH is 1.